The number of hydrogen-bond acceptors (Lipinski definition) is 6. The molecule has 8 heteroatoms. The van der Waals surface area contributed by atoms with Crippen LogP contribution in [0.4, 0.5) is 21.6 Å². The molecule has 200 valence electrons. The van der Waals surface area contributed by atoms with Crippen LogP contribution in [0.3, 0.4) is 0 Å². The molecule has 0 bridgehead atoms. The maximum absolute atomic E-state index is 14.0. The van der Waals surface area contributed by atoms with Crippen molar-refractivity contribution in [1.82, 2.24) is 4.98 Å². The Labute approximate surface area is 223 Å². The number of esters is 1. The highest BCUT2D eigenvalue weighted by Gasteiger charge is 2.26. The quantitative estimate of drug-likeness (QED) is 0.229. The van der Waals surface area contributed by atoms with Gasteiger partial charge in [-0.25, -0.2) is 9.18 Å². The van der Waals surface area contributed by atoms with E-state index in [-0.39, 0.29) is 24.0 Å². The zero-order valence-corrected chi connectivity index (χ0v) is 22.5. The van der Waals surface area contributed by atoms with Crippen LogP contribution < -0.4 is 10.2 Å². The van der Waals surface area contributed by atoms with Crippen molar-refractivity contribution >= 4 is 28.9 Å². The highest BCUT2D eigenvalue weighted by molar-refractivity contribution is 6.09. The van der Waals surface area contributed by atoms with Crippen LogP contribution in [-0.4, -0.2) is 49.6 Å². The molecule has 1 fully saturated rings. The van der Waals surface area contributed by atoms with Crippen molar-refractivity contribution in [2.45, 2.75) is 39.7 Å². The maximum atomic E-state index is 14.0. The van der Waals surface area contributed by atoms with Gasteiger partial charge >= 0.3 is 5.97 Å². The van der Waals surface area contributed by atoms with Crippen LogP contribution in [0.2, 0.25) is 0 Å². The SMILES string of the molecule is CCOC(=O)c1cc(-c2ccc(N(C)C3CCOCC3)cc2)c(C(=N)C(C)C)c([NH2+]c2cccc(F)c2)n1. The molecule has 3 aromatic rings. The Morgan fingerprint density at radius 3 is 2.53 bits per heavy atom. The average Bonchev–Trinajstić information content (AvgIpc) is 2.92. The zero-order chi connectivity index (χ0) is 27.2. The molecule has 1 aliphatic heterocycles. The number of halogens is 1. The van der Waals surface area contributed by atoms with Gasteiger partial charge in [-0.05, 0) is 61.6 Å². The number of carbonyl (C=O) groups excluding carboxylic acids is 1. The monoisotopic (exact) mass is 519 g/mol. The van der Waals surface area contributed by atoms with E-state index in [0.29, 0.717) is 34.4 Å². The van der Waals surface area contributed by atoms with E-state index >= 15 is 0 Å². The molecule has 1 aliphatic rings. The van der Waals surface area contributed by atoms with Gasteiger partial charge in [-0.1, -0.05) is 32.0 Å². The van der Waals surface area contributed by atoms with Gasteiger partial charge < -0.3 is 19.8 Å². The summed E-state index contributed by atoms with van der Waals surface area (Å²) in [6.45, 7) is 7.40. The number of nitrogens with zero attached hydrogens (tertiary/aromatic N) is 2. The van der Waals surface area contributed by atoms with Gasteiger partial charge in [-0.3, -0.25) is 5.32 Å². The number of aromatic nitrogens is 1. The van der Waals surface area contributed by atoms with Crippen LogP contribution in [0.5, 0.6) is 0 Å². The molecule has 0 saturated carbocycles. The Hall–Kier alpha value is -3.62. The largest absolute Gasteiger partial charge is 0.461 e. The molecule has 0 unspecified atom stereocenters. The van der Waals surface area contributed by atoms with E-state index in [1.165, 1.54) is 12.1 Å². The number of pyridine rings is 1. The summed E-state index contributed by atoms with van der Waals surface area (Å²) >= 11 is 0. The van der Waals surface area contributed by atoms with Crippen molar-refractivity contribution in [2.75, 3.05) is 31.8 Å². The third kappa shape index (κ3) is 6.26. The highest BCUT2D eigenvalue weighted by atomic mass is 19.1. The Bertz CT molecular complexity index is 1290. The molecule has 1 aromatic heterocycles. The molecule has 2 aromatic carbocycles. The lowest BCUT2D eigenvalue weighted by atomic mass is 9.91. The van der Waals surface area contributed by atoms with Gasteiger partial charge in [0.1, 0.15) is 11.5 Å². The number of rotatable bonds is 9. The number of carbonyl (C=O) groups is 1. The van der Waals surface area contributed by atoms with Gasteiger partial charge in [-0.2, -0.15) is 4.98 Å². The van der Waals surface area contributed by atoms with Crippen LogP contribution in [0.15, 0.2) is 54.6 Å². The first-order valence-corrected chi connectivity index (χ1v) is 13.1. The fraction of sp³-hybridized carbons (Fsp3) is 0.367. The minimum atomic E-state index is -0.541. The predicted molar refractivity (Wildman–Crippen MR) is 147 cm³/mol. The zero-order valence-electron chi connectivity index (χ0n) is 22.5. The van der Waals surface area contributed by atoms with Gasteiger partial charge in [0.15, 0.2) is 5.69 Å². The van der Waals surface area contributed by atoms with E-state index in [2.05, 4.69) is 29.1 Å². The summed E-state index contributed by atoms with van der Waals surface area (Å²) in [5.41, 5.74) is 4.40. The number of quaternary nitrogens is 1. The number of nitrogens with one attached hydrogen (secondary N) is 1. The number of hydrogen-bond donors (Lipinski definition) is 2. The maximum Gasteiger partial charge on any atom is 0.357 e. The number of benzene rings is 2. The van der Waals surface area contributed by atoms with Gasteiger partial charge in [0.2, 0.25) is 5.82 Å². The van der Waals surface area contributed by atoms with Gasteiger partial charge in [-0.15, -0.1) is 0 Å². The normalized spacial score (nSPS) is 13.9. The predicted octanol–water partition coefficient (Wildman–Crippen LogP) is 5.23. The Morgan fingerprint density at radius 2 is 1.89 bits per heavy atom. The van der Waals surface area contributed by atoms with E-state index in [1.807, 2.05) is 26.0 Å². The molecule has 0 radical (unpaired) electrons. The first-order chi connectivity index (χ1) is 18.3. The van der Waals surface area contributed by atoms with Crippen molar-refractivity contribution in [1.29, 1.82) is 5.41 Å². The van der Waals surface area contributed by atoms with Crippen LogP contribution in [-0.2, 0) is 9.47 Å². The van der Waals surface area contributed by atoms with Gasteiger partial charge in [0.25, 0.3) is 0 Å². The summed E-state index contributed by atoms with van der Waals surface area (Å²) < 4.78 is 24.8. The van der Waals surface area contributed by atoms with Crippen LogP contribution >= 0.6 is 0 Å². The van der Waals surface area contributed by atoms with Gasteiger partial charge in [0.05, 0.1) is 12.2 Å². The van der Waals surface area contributed by atoms with E-state index < -0.39 is 5.97 Å². The topological polar surface area (TPSA) is 92.1 Å². The second-order valence-corrected chi connectivity index (χ2v) is 9.80. The minimum absolute atomic E-state index is 0.0948. The second kappa shape index (κ2) is 12.3. The lowest BCUT2D eigenvalue weighted by molar-refractivity contribution is -0.483. The first kappa shape index (κ1) is 27.4. The summed E-state index contributed by atoms with van der Waals surface area (Å²) in [6, 6.07) is 16.4. The second-order valence-electron chi connectivity index (χ2n) is 9.80. The first-order valence-electron chi connectivity index (χ1n) is 13.1. The molecule has 0 atom stereocenters. The molecule has 2 heterocycles. The smallest absolute Gasteiger partial charge is 0.357 e. The fourth-order valence-corrected chi connectivity index (χ4v) is 4.69. The summed E-state index contributed by atoms with van der Waals surface area (Å²) in [4.78, 5) is 19.7. The fourth-order valence-electron chi connectivity index (χ4n) is 4.69. The van der Waals surface area contributed by atoms with E-state index in [9.17, 15) is 9.18 Å². The van der Waals surface area contributed by atoms with Crippen molar-refractivity contribution in [3.8, 4) is 11.1 Å². The number of ether oxygens (including phenoxy) is 2. The summed E-state index contributed by atoms with van der Waals surface area (Å²) in [5, 5.41) is 10.7. The summed E-state index contributed by atoms with van der Waals surface area (Å²) in [7, 11) is 2.10. The average molecular weight is 520 g/mol. The van der Waals surface area contributed by atoms with Crippen molar-refractivity contribution < 1.29 is 24.0 Å². The molecule has 3 N–H and O–H groups in total. The molecule has 0 spiro atoms. The molecular formula is C30H36FN4O3+. The highest BCUT2D eigenvalue weighted by Crippen LogP contribution is 2.32. The minimum Gasteiger partial charge on any atom is -0.461 e. The number of anilines is 1. The lowest BCUT2D eigenvalue weighted by Crippen LogP contribution is -2.72. The molecular weight excluding hydrogens is 483 g/mol. The van der Waals surface area contributed by atoms with Crippen LogP contribution in [0, 0.1) is 17.1 Å². The Balaban J connectivity index is 1.82. The van der Waals surface area contributed by atoms with Gasteiger partial charge in [0, 0.05) is 49.3 Å². The Kier molecular flexibility index (Phi) is 8.86. The van der Waals surface area contributed by atoms with E-state index in [4.69, 9.17) is 14.9 Å². The lowest BCUT2D eigenvalue weighted by Gasteiger charge is -2.33. The Morgan fingerprint density at radius 1 is 1.18 bits per heavy atom. The standard InChI is InChI=1S/C30H35FN4O3/c1-5-38-30(36)26-18-25(20-9-11-23(12-10-20)35(4)24-13-15-37-16-14-24)27(28(32)19(2)3)29(34-26)33-22-8-6-7-21(31)17-22/h6-12,17-19,24,32H,5,13-16H2,1-4H3,(H,33,34)/p+1. The molecule has 38 heavy (non-hydrogen) atoms. The van der Waals surface area contributed by atoms with E-state index in [1.54, 1.807) is 30.4 Å². The summed E-state index contributed by atoms with van der Waals surface area (Å²) in [5.74, 6) is -0.577. The van der Waals surface area contributed by atoms with Crippen molar-refractivity contribution in [2.24, 2.45) is 5.92 Å². The van der Waals surface area contributed by atoms with Crippen molar-refractivity contribution in [3.63, 3.8) is 0 Å². The van der Waals surface area contributed by atoms with E-state index in [0.717, 1.165) is 37.3 Å². The summed E-state index contributed by atoms with van der Waals surface area (Å²) in [6.07, 6.45) is 1.97. The third-order valence-corrected chi connectivity index (χ3v) is 6.85. The molecule has 0 aliphatic carbocycles. The molecule has 1 saturated heterocycles. The molecule has 4 rings (SSSR count). The molecule has 7 nitrogen and oxygen atoms in total. The molecule has 0 amide bonds. The number of nitrogens with two attached hydrogens (primary N) is 1. The van der Waals surface area contributed by atoms with Crippen LogP contribution in [0.25, 0.3) is 11.1 Å². The van der Waals surface area contributed by atoms with Crippen LogP contribution in [0.1, 0.15) is 49.7 Å². The van der Waals surface area contributed by atoms with Crippen molar-refractivity contribution in [3.05, 3.63) is 71.7 Å². The third-order valence-electron chi connectivity index (χ3n) is 6.85.